The second kappa shape index (κ2) is 6.16. The lowest BCUT2D eigenvalue weighted by molar-refractivity contribution is -0.386. The van der Waals surface area contributed by atoms with Gasteiger partial charge in [-0.3, -0.25) is 14.9 Å². The van der Waals surface area contributed by atoms with E-state index in [4.69, 9.17) is 11.6 Å². The van der Waals surface area contributed by atoms with Crippen LogP contribution in [0.4, 0.5) is 5.69 Å². The zero-order valence-corrected chi connectivity index (χ0v) is 11.6. The topological polar surface area (TPSA) is 65.1 Å². The molecule has 0 saturated carbocycles. The average Bonchev–Trinajstić information content (AvgIpc) is 2.29. The largest absolute Gasteiger partial charge is 0.308 e. The van der Waals surface area contributed by atoms with Crippen molar-refractivity contribution in [2.45, 2.75) is 26.3 Å². The molecule has 0 saturated heterocycles. The van der Waals surface area contributed by atoms with Crippen LogP contribution >= 0.6 is 27.5 Å². The van der Waals surface area contributed by atoms with Crippen molar-refractivity contribution < 1.29 is 4.92 Å². The zero-order valence-electron chi connectivity index (χ0n) is 9.28. The number of nitrogens with zero attached hydrogens (tertiary/aromatic N) is 2. The monoisotopic (exact) mass is 322 g/mol. The van der Waals surface area contributed by atoms with Crippen molar-refractivity contribution in [3.05, 3.63) is 36.7 Å². The minimum Gasteiger partial charge on any atom is -0.308 e. The van der Waals surface area contributed by atoms with Gasteiger partial charge in [-0.1, -0.05) is 0 Å². The summed E-state index contributed by atoms with van der Waals surface area (Å²) < 4.78 is 1.60. The predicted molar refractivity (Wildman–Crippen MR) is 69.7 cm³/mol. The Bertz CT molecular complexity index is 487. The van der Waals surface area contributed by atoms with Crippen LogP contribution in [0.25, 0.3) is 0 Å². The molecule has 0 aliphatic rings. The van der Waals surface area contributed by atoms with E-state index in [1.54, 1.807) is 6.92 Å². The van der Waals surface area contributed by atoms with Gasteiger partial charge in [-0.15, -0.1) is 11.6 Å². The molecule has 1 rings (SSSR count). The number of unbranched alkanes of at least 4 members (excludes halogenated alkanes) is 1. The first-order valence-electron chi connectivity index (χ1n) is 5.09. The molecule has 0 amide bonds. The maximum absolute atomic E-state index is 11.8. The summed E-state index contributed by atoms with van der Waals surface area (Å²) >= 11 is 8.64. The van der Waals surface area contributed by atoms with Crippen LogP contribution in [0, 0.1) is 17.0 Å². The summed E-state index contributed by atoms with van der Waals surface area (Å²) in [5.74, 6) is 0.518. The molecule has 0 aliphatic heterocycles. The highest BCUT2D eigenvalue weighted by atomic mass is 79.9. The van der Waals surface area contributed by atoms with Gasteiger partial charge in [-0.2, -0.15) is 0 Å². The van der Waals surface area contributed by atoms with Crippen molar-refractivity contribution in [3.63, 3.8) is 0 Å². The molecule has 0 aromatic carbocycles. The number of hydrogen-bond acceptors (Lipinski definition) is 3. The fourth-order valence-electron chi connectivity index (χ4n) is 1.43. The summed E-state index contributed by atoms with van der Waals surface area (Å²) in [7, 11) is 0. The first-order valence-corrected chi connectivity index (χ1v) is 6.41. The van der Waals surface area contributed by atoms with E-state index in [2.05, 4.69) is 15.9 Å². The van der Waals surface area contributed by atoms with Gasteiger partial charge in [0.15, 0.2) is 0 Å². The predicted octanol–water partition coefficient (Wildman–Crippen LogP) is 2.85. The van der Waals surface area contributed by atoms with Gasteiger partial charge in [-0.25, -0.2) is 0 Å². The molecule has 7 heteroatoms. The lowest BCUT2D eigenvalue weighted by Gasteiger charge is -2.07. The lowest BCUT2D eigenvalue weighted by atomic mass is 10.2. The van der Waals surface area contributed by atoms with Gasteiger partial charge in [0, 0.05) is 18.0 Å². The van der Waals surface area contributed by atoms with Crippen LogP contribution in [0.2, 0.25) is 0 Å². The van der Waals surface area contributed by atoms with Gasteiger partial charge in [0.05, 0.1) is 15.6 Å². The number of aromatic nitrogens is 1. The Morgan fingerprint density at radius 2 is 2.18 bits per heavy atom. The molecular formula is C10H12BrClN2O3. The highest BCUT2D eigenvalue weighted by molar-refractivity contribution is 9.10. The number of halogens is 2. The van der Waals surface area contributed by atoms with Crippen LogP contribution in [-0.4, -0.2) is 15.4 Å². The maximum atomic E-state index is 11.8. The summed E-state index contributed by atoms with van der Waals surface area (Å²) in [6.45, 7) is 1.98. The van der Waals surface area contributed by atoms with Gasteiger partial charge in [0.25, 0.3) is 11.2 Å². The smallest absolute Gasteiger partial charge is 0.289 e. The van der Waals surface area contributed by atoms with Crippen molar-refractivity contribution in [1.82, 2.24) is 4.57 Å². The highest BCUT2D eigenvalue weighted by Gasteiger charge is 2.17. The summed E-state index contributed by atoms with van der Waals surface area (Å²) in [6.07, 6.45) is 2.78. The molecule has 0 fully saturated rings. The van der Waals surface area contributed by atoms with Gasteiger partial charge >= 0.3 is 0 Å². The van der Waals surface area contributed by atoms with Crippen molar-refractivity contribution in [3.8, 4) is 0 Å². The van der Waals surface area contributed by atoms with Gasteiger partial charge in [-0.05, 0) is 35.7 Å². The van der Waals surface area contributed by atoms with E-state index < -0.39 is 4.92 Å². The van der Waals surface area contributed by atoms with Crippen molar-refractivity contribution in [2.24, 2.45) is 0 Å². The molecule has 0 N–H and O–H groups in total. The molecule has 0 radical (unpaired) electrons. The molecule has 1 aromatic heterocycles. The van der Waals surface area contributed by atoms with Crippen LogP contribution in [-0.2, 0) is 6.54 Å². The molecule has 0 unspecified atom stereocenters. The van der Waals surface area contributed by atoms with Crippen LogP contribution < -0.4 is 5.56 Å². The summed E-state index contributed by atoms with van der Waals surface area (Å²) in [4.78, 5) is 22.1. The minimum absolute atomic E-state index is 0.0534. The van der Waals surface area contributed by atoms with E-state index in [1.165, 1.54) is 10.8 Å². The molecule has 1 heterocycles. The Balaban J connectivity index is 3.14. The third kappa shape index (κ3) is 3.29. The quantitative estimate of drug-likeness (QED) is 0.362. The molecule has 0 spiro atoms. The zero-order chi connectivity index (χ0) is 13.0. The van der Waals surface area contributed by atoms with E-state index in [1.807, 2.05) is 0 Å². The average molecular weight is 324 g/mol. The van der Waals surface area contributed by atoms with E-state index in [-0.39, 0.29) is 15.7 Å². The summed E-state index contributed by atoms with van der Waals surface area (Å²) in [5.41, 5.74) is 0.0543. The first kappa shape index (κ1) is 14.2. The van der Waals surface area contributed by atoms with Gasteiger partial charge in [0.1, 0.15) is 0 Å². The van der Waals surface area contributed by atoms with Crippen molar-refractivity contribution in [2.75, 3.05) is 5.88 Å². The Kier molecular flexibility index (Phi) is 5.14. The van der Waals surface area contributed by atoms with Gasteiger partial charge < -0.3 is 4.57 Å². The minimum atomic E-state index is -0.489. The Hall–Kier alpha value is -0.880. The van der Waals surface area contributed by atoms with E-state index in [0.29, 0.717) is 18.0 Å². The highest BCUT2D eigenvalue weighted by Crippen LogP contribution is 2.22. The summed E-state index contributed by atoms with van der Waals surface area (Å²) in [5, 5.41) is 10.8. The third-order valence-corrected chi connectivity index (χ3v) is 3.62. The fourth-order valence-corrected chi connectivity index (χ4v) is 2.05. The number of hydrogen-bond donors (Lipinski definition) is 0. The van der Waals surface area contributed by atoms with Crippen LogP contribution in [0.5, 0.6) is 0 Å². The second-order valence-corrected chi connectivity index (χ2v) is 4.78. The number of pyridine rings is 1. The van der Waals surface area contributed by atoms with E-state index in [0.717, 1.165) is 12.8 Å². The summed E-state index contributed by atoms with van der Waals surface area (Å²) in [6, 6.07) is 0. The normalized spacial score (nSPS) is 10.5. The first-order chi connectivity index (χ1) is 7.99. The molecule has 17 heavy (non-hydrogen) atoms. The Labute approximate surface area is 112 Å². The van der Waals surface area contributed by atoms with Crippen LogP contribution in [0.3, 0.4) is 0 Å². The molecule has 5 nitrogen and oxygen atoms in total. The van der Waals surface area contributed by atoms with E-state index >= 15 is 0 Å². The second-order valence-electron chi connectivity index (χ2n) is 3.61. The maximum Gasteiger partial charge on any atom is 0.289 e. The fraction of sp³-hybridized carbons (Fsp3) is 0.500. The molecule has 0 aliphatic carbocycles. The molecule has 0 atom stereocenters. The number of rotatable bonds is 5. The van der Waals surface area contributed by atoms with Crippen LogP contribution in [0.1, 0.15) is 18.4 Å². The molecule has 94 valence electrons. The Morgan fingerprint density at radius 3 is 2.71 bits per heavy atom. The standard InChI is InChI=1S/C10H12BrClN2O3/c1-7-8(14(16)17)6-13(5-3-2-4-12)10(15)9(7)11/h6H,2-5H2,1H3. The SMILES string of the molecule is Cc1c([N+](=O)[O-])cn(CCCCCl)c(=O)c1Br. The number of aryl methyl sites for hydroxylation is 1. The van der Waals surface area contributed by atoms with Gasteiger partial charge in [0.2, 0.25) is 0 Å². The molecule has 0 bridgehead atoms. The van der Waals surface area contributed by atoms with Crippen LogP contribution in [0.15, 0.2) is 15.5 Å². The van der Waals surface area contributed by atoms with E-state index in [9.17, 15) is 14.9 Å². The molecule has 1 aromatic rings. The molecular weight excluding hydrogens is 311 g/mol. The lowest BCUT2D eigenvalue weighted by Crippen LogP contribution is -2.22. The number of nitro groups is 1. The Morgan fingerprint density at radius 1 is 1.53 bits per heavy atom. The van der Waals surface area contributed by atoms with Crippen molar-refractivity contribution >= 4 is 33.2 Å². The third-order valence-electron chi connectivity index (χ3n) is 2.42. The van der Waals surface area contributed by atoms with Crippen molar-refractivity contribution in [1.29, 1.82) is 0 Å². The number of alkyl halides is 1.